The number of aliphatic hydroxyl groups is 1. The maximum absolute atomic E-state index is 10.3. The predicted molar refractivity (Wildman–Crippen MR) is 84.3 cm³/mol. The molecule has 3 rings (SSSR count). The van der Waals surface area contributed by atoms with Gasteiger partial charge in [0.2, 0.25) is 0 Å². The number of hydrogen-bond donors (Lipinski definition) is 1. The van der Waals surface area contributed by atoms with E-state index in [1.165, 1.54) is 18.5 Å². The molecule has 1 fully saturated rings. The normalized spacial score (nSPS) is 21.8. The Morgan fingerprint density at radius 3 is 3.05 bits per heavy atom. The predicted octanol–water partition coefficient (Wildman–Crippen LogP) is 2.77. The van der Waals surface area contributed by atoms with E-state index in [9.17, 15) is 5.11 Å². The minimum absolute atomic E-state index is 0.218. The van der Waals surface area contributed by atoms with Gasteiger partial charge in [-0.25, -0.2) is 4.98 Å². The molecule has 2 aromatic rings. The van der Waals surface area contributed by atoms with Crippen LogP contribution < -0.4 is 0 Å². The van der Waals surface area contributed by atoms with Crippen molar-refractivity contribution in [2.75, 3.05) is 6.54 Å². The van der Waals surface area contributed by atoms with Crippen LogP contribution in [0, 0.1) is 6.92 Å². The highest BCUT2D eigenvalue weighted by Crippen LogP contribution is 2.24. The highest BCUT2D eigenvalue weighted by Gasteiger charge is 2.28. The summed E-state index contributed by atoms with van der Waals surface area (Å²) >= 11 is 0. The molecule has 0 amide bonds. The summed E-state index contributed by atoms with van der Waals surface area (Å²) in [4.78, 5) is 7.09. The van der Waals surface area contributed by atoms with Crippen molar-refractivity contribution in [2.24, 2.45) is 0 Å². The average molecular weight is 287 g/mol. The fourth-order valence-electron chi connectivity index (χ4n) is 3.47. The first-order valence-electron chi connectivity index (χ1n) is 8.05. The molecule has 4 nitrogen and oxygen atoms in total. The Hall–Kier alpha value is -1.39. The van der Waals surface area contributed by atoms with Gasteiger partial charge in [-0.3, -0.25) is 4.90 Å². The molecule has 21 heavy (non-hydrogen) atoms. The van der Waals surface area contributed by atoms with E-state index in [-0.39, 0.29) is 12.1 Å². The lowest BCUT2D eigenvalue weighted by atomic mass is 9.95. The molecule has 1 aliphatic heterocycles. The number of aromatic nitrogens is 2. The number of pyridine rings is 1. The van der Waals surface area contributed by atoms with Gasteiger partial charge < -0.3 is 9.51 Å². The first kappa shape index (κ1) is 14.5. The third-order valence-electron chi connectivity index (χ3n) is 4.71. The van der Waals surface area contributed by atoms with Crippen molar-refractivity contribution in [3.8, 4) is 0 Å². The van der Waals surface area contributed by atoms with Crippen molar-refractivity contribution in [3.05, 3.63) is 35.8 Å². The van der Waals surface area contributed by atoms with Crippen molar-refractivity contribution in [1.29, 1.82) is 0 Å². The molecule has 1 N–H and O–H groups in total. The quantitative estimate of drug-likeness (QED) is 0.940. The molecule has 3 heterocycles. The zero-order chi connectivity index (χ0) is 14.8. The number of aryl methyl sites for hydroxylation is 1. The minimum atomic E-state index is -0.218. The standard InChI is InChI=1S/C17H25N3O/c1-3-16(21)14-8-4-6-10-19(14)12-15-13(2)18-17-9-5-7-11-20(15)17/h5,7,9,11,14,16,21H,3-4,6,8,10,12H2,1-2H3. The fourth-order valence-corrected chi connectivity index (χ4v) is 3.47. The second-order valence-corrected chi connectivity index (χ2v) is 6.08. The van der Waals surface area contributed by atoms with Crippen LogP contribution in [0.3, 0.4) is 0 Å². The van der Waals surface area contributed by atoms with Crippen molar-refractivity contribution in [2.45, 2.75) is 58.2 Å². The Bertz CT molecular complexity index is 607. The smallest absolute Gasteiger partial charge is 0.137 e. The maximum Gasteiger partial charge on any atom is 0.137 e. The van der Waals surface area contributed by atoms with Crippen LogP contribution in [0.1, 0.15) is 44.0 Å². The van der Waals surface area contributed by atoms with E-state index in [0.29, 0.717) is 0 Å². The lowest BCUT2D eigenvalue weighted by molar-refractivity contribution is 0.0187. The highest BCUT2D eigenvalue weighted by molar-refractivity contribution is 5.42. The van der Waals surface area contributed by atoms with Crippen molar-refractivity contribution in [3.63, 3.8) is 0 Å². The van der Waals surface area contributed by atoms with Gasteiger partial charge in [0.15, 0.2) is 0 Å². The number of hydrogen-bond acceptors (Lipinski definition) is 3. The molecule has 2 aromatic heterocycles. The zero-order valence-electron chi connectivity index (χ0n) is 13.0. The molecule has 0 aliphatic carbocycles. The van der Waals surface area contributed by atoms with Gasteiger partial charge in [-0.15, -0.1) is 0 Å². The number of likely N-dealkylation sites (tertiary alicyclic amines) is 1. The van der Waals surface area contributed by atoms with Gasteiger partial charge in [0.05, 0.1) is 17.5 Å². The van der Waals surface area contributed by atoms with Crippen LogP contribution in [0.15, 0.2) is 24.4 Å². The fraction of sp³-hybridized carbons (Fsp3) is 0.588. The number of piperidine rings is 1. The molecular formula is C17H25N3O. The Morgan fingerprint density at radius 1 is 1.38 bits per heavy atom. The molecule has 0 aromatic carbocycles. The first-order chi connectivity index (χ1) is 10.2. The maximum atomic E-state index is 10.3. The molecular weight excluding hydrogens is 262 g/mol. The monoisotopic (exact) mass is 287 g/mol. The van der Waals surface area contributed by atoms with Crippen LogP contribution in [0.2, 0.25) is 0 Å². The Kier molecular flexibility index (Phi) is 4.27. The van der Waals surface area contributed by atoms with Gasteiger partial charge in [-0.05, 0) is 44.9 Å². The summed E-state index contributed by atoms with van der Waals surface area (Å²) in [6.45, 7) is 6.09. The second-order valence-electron chi connectivity index (χ2n) is 6.08. The topological polar surface area (TPSA) is 40.8 Å². The molecule has 0 saturated carbocycles. The van der Waals surface area contributed by atoms with Crippen LogP contribution in [0.25, 0.3) is 5.65 Å². The van der Waals surface area contributed by atoms with E-state index >= 15 is 0 Å². The van der Waals surface area contributed by atoms with Crippen molar-refractivity contribution >= 4 is 5.65 Å². The summed E-state index contributed by atoms with van der Waals surface area (Å²) in [5.41, 5.74) is 3.35. The summed E-state index contributed by atoms with van der Waals surface area (Å²) in [6.07, 6.45) is 6.25. The molecule has 0 radical (unpaired) electrons. The molecule has 1 aliphatic rings. The molecule has 1 saturated heterocycles. The molecule has 2 unspecified atom stereocenters. The van der Waals surface area contributed by atoms with Crippen molar-refractivity contribution < 1.29 is 5.11 Å². The van der Waals surface area contributed by atoms with Gasteiger partial charge in [0.1, 0.15) is 5.65 Å². The van der Waals surface area contributed by atoms with Crippen LogP contribution in [0.4, 0.5) is 0 Å². The van der Waals surface area contributed by atoms with E-state index in [0.717, 1.165) is 37.3 Å². The van der Waals surface area contributed by atoms with E-state index in [2.05, 4.69) is 34.3 Å². The van der Waals surface area contributed by atoms with E-state index < -0.39 is 0 Å². The van der Waals surface area contributed by atoms with Gasteiger partial charge in [-0.2, -0.15) is 0 Å². The number of rotatable bonds is 4. The lowest BCUT2D eigenvalue weighted by Crippen LogP contribution is -2.46. The van der Waals surface area contributed by atoms with Gasteiger partial charge >= 0.3 is 0 Å². The average Bonchev–Trinajstić information content (AvgIpc) is 2.83. The molecule has 2 atom stereocenters. The largest absolute Gasteiger partial charge is 0.392 e. The molecule has 114 valence electrons. The molecule has 0 spiro atoms. The van der Waals surface area contributed by atoms with Crippen LogP contribution in [-0.2, 0) is 6.54 Å². The van der Waals surface area contributed by atoms with E-state index in [1.54, 1.807) is 0 Å². The van der Waals surface area contributed by atoms with Crippen LogP contribution in [0.5, 0.6) is 0 Å². The van der Waals surface area contributed by atoms with Gasteiger partial charge in [0, 0.05) is 18.8 Å². The van der Waals surface area contributed by atoms with Crippen molar-refractivity contribution in [1.82, 2.24) is 14.3 Å². The molecule has 0 bridgehead atoms. The summed E-state index contributed by atoms with van der Waals surface area (Å²) in [7, 11) is 0. The first-order valence-corrected chi connectivity index (χ1v) is 8.05. The zero-order valence-corrected chi connectivity index (χ0v) is 13.0. The Morgan fingerprint density at radius 2 is 2.24 bits per heavy atom. The summed E-state index contributed by atoms with van der Waals surface area (Å²) in [6, 6.07) is 6.41. The Balaban J connectivity index is 1.87. The summed E-state index contributed by atoms with van der Waals surface area (Å²) in [5.74, 6) is 0. The summed E-state index contributed by atoms with van der Waals surface area (Å²) in [5, 5.41) is 10.3. The third-order valence-corrected chi connectivity index (χ3v) is 4.71. The third kappa shape index (κ3) is 2.83. The Labute approximate surface area is 126 Å². The van der Waals surface area contributed by atoms with E-state index in [4.69, 9.17) is 0 Å². The second kappa shape index (κ2) is 6.16. The minimum Gasteiger partial charge on any atom is -0.392 e. The summed E-state index contributed by atoms with van der Waals surface area (Å²) < 4.78 is 2.18. The number of aliphatic hydroxyl groups excluding tert-OH is 1. The SMILES string of the molecule is CCC(O)C1CCCCN1Cc1c(C)nc2ccccn12. The van der Waals surface area contributed by atoms with Crippen LogP contribution in [-0.4, -0.2) is 38.1 Å². The van der Waals surface area contributed by atoms with Crippen LogP contribution >= 0.6 is 0 Å². The number of nitrogens with zero attached hydrogens (tertiary/aromatic N) is 3. The highest BCUT2D eigenvalue weighted by atomic mass is 16.3. The number of imidazole rings is 1. The molecule has 4 heteroatoms. The van der Waals surface area contributed by atoms with Gasteiger partial charge in [0.25, 0.3) is 0 Å². The van der Waals surface area contributed by atoms with E-state index in [1.807, 2.05) is 18.2 Å². The number of fused-ring (bicyclic) bond motifs is 1. The van der Waals surface area contributed by atoms with Gasteiger partial charge in [-0.1, -0.05) is 19.4 Å². The lowest BCUT2D eigenvalue weighted by Gasteiger charge is -2.38.